The summed E-state index contributed by atoms with van der Waals surface area (Å²) < 4.78 is 22.4. The maximum Gasteiger partial charge on any atom is 0.329 e. The first-order valence-electron chi connectivity index (χ1n) is 10.1. The Bertz CT molecular complexity index is 1060. The zero-order chi connectivity index (χ0) is 23.8. The summed E-state index contributed by atoms with van der Waals surface area (Å²) in [5.74, 6) is 0.797. The van der Waals surface area contributed by atoms with Crippen LogP contribution in [-0.4, -0.2) is 56.2 Å². The van der Waals surface area contributed by atoms with Gasteiger partial charge in [0.1, 0.15) is 17.7 Å². The molecule has 1 heterocycles. The Balaban J connectivity index is 1.72. The Morgan fingerprint density at radius 3 is 2.39 bits per heavy atom. The lowest BCUT2D eigenvalue weighted by molar-refractivity contribution is -0.147. The molecular formula is C23H26N2O6S2. The van der Waals surface area contributed by atoms with Gasteiger partial charge in [-0.2, -0.15) is 11.8 Å². The molecule has 0 saturated heterocycles. The fraction of sp³-hybridized carbons (Fsp3) is 0.348. The molecule has 33 heavy (non-hydrogen) atoms. The van der Waals surface area contributed by atoms with Gasteiger partial charge in [-0.1, -0.05) is 12.1 Å². The van der Waals surface area contributed by atoms with Gasteiger partial charge in [0, 0.05) is 5.56 Å². The van der Waals surface area contributed by atoms with E-state index in [4.69, 9.17) is 18.9 Å². The van der Waals surface area contributed by atoms with Crippen LogP contribution in [0.3, 0.4) is 0 Å². The molecule has 0 aliphatic carbocycles. The van der Waals surface area contributed by atoms with E-state index in [0.29, 0.717) is 34.4 Å². The van der Waals surface area contributed by atoms with Crippen LogP contribution in [0.15, 0.2) is 36.4 Å². The third-order valence-electron chi connectivity index (χ3n) is 4.80. The number of benzene rings is 2. The number of thioether (sulfide) groups is 1. The second kappa shape index (κ2) is 11.8. The molecule has 0 radical (unpaired) electrons. The van der Waals surface area contributed by atoms with Gasteiger partial charge in [0.15, 0.2) is 11.5 Å². The number of esters is 1. The summed E-state index contributed by atoms with van der Waals surface area (Å²) in [6.45, 7) is 0.0496. The van der Waals surface area contributed by atoms with Crippen LogP contribution in [0.25, 0.3) is 10.2 Å². The van der Waals surface area contributed by atoms with Crippen molar-refractivity contribution >= 4 is 45.2 Å². The second-order valence-corrected chi connectivity index (χ2v) is 9.01. The Kier molecular flexibility index (Phi) is 8.79. The topological polar surface area (TPSA) is 96.0 Å². The molecule has 1 unspecified atom stereocenters. The quantitative estimate of drug-likeness (QED) is 0.404. The number of methoxy groups -OCH3 is 3. The molecule has 8 nitrogen and oxygen atoms in total. The molecule has 176 valence electrons. The average Bonchev–Trinajstić information content (AvgIpc) is 3.26. The lowest BCUT2D eigenvalue weighted by Crippen LogP contribution is -2.42. The summed E-state index contributed by atoms with van der Waals surface area (Å²) >= 11 is 3.05. The van der Waals surface area contributed by atoms with Gasteiger partial charge in [0.2, 0.25) is 5.75 Å². The zero-order valence-electron chi connectivity index (χ0n) is 18.9. The molecule has 10 heteroatoms. The largest absolute Gasteiger partial charge is 0.493 e. The van der Waals surface area contributed by atoms with Gasteiger partial charge in [-0.05, 0) is 42.7 Å². The summed E-state index contributed by atoms with van der Waals surface area (Å²) in [5.41, 5.74) is 1.14. The normalized spacial score (nSPS) is 11.6. The van der Waals surface area contributed by atoms with Crippen molar-refractivity contribution in [3.8, 4) is 17.2 Å². The van der Waals surface area contributed by atoms with E-state index < -0.39 is 17.9 Å². The first-order chi connectivity index (χ1) is 16.0. The minimum Gasteiger partial charge on any atom is -0.493 e. The number of hydrogen-bond donors (Lipinski definition) is 1. The zero-order valence-corrected chi connectivity index (χ0v) is 20.5. The predicted octanol–water partition coefficient (Wildman–Crippen LogP) is 3.92. The number of ether oxygens (including phenoxy) is 4. The molecule has 3 rings (SSSR count). The van der Waals surface area contributed by atoms with Crippen LogP contribution in [0.4, 0.5) is 0 Å². The Morgan fingerprint density at radius 2 is 1.79 bits per heavy atom. The van der Waals surface area contributed by atoms with Crippen molar-refractivity contribution in [1.82, 2.24) is 10.3 Å². The number of fused-ring (bicyclic) bond motifs is 1. The van der Waals surface area contributed by atoms with E-state index in [2.05, 4.69) is 10.3 Å². The molecule has 0 saturated carbocycles. The van der Waals surface area contributed by atoms with Crippen LogP contribution in [0.2, 0.25) is 0 Å². The van der Waals surface area contributed by atoms with Gasteiger partial charge >= 0.3 is 5.97 Å². The molecule has 3 aromatic rings. The van der Waals surface area contributed by atoms with Crippen molar-refractivity contribution in [2.45, 2.75) is 19.1 Å². The second-order valence-electron chi connectivity index (χ2n) is 6.90. The van der Waals surface area contributed by atoms with E-state index in [1.807, 2.05) is 30.5 Å². The van der Waals surface area contributed by atoms with Crippen LogP contribution in [0.5, 0.6) is 17.2 Å². The molecular weight excluding hydrogens is 464 g/mol. The molecule has 0 fully saturated rings. The summed E-state index contributed by atoms with van der Waals surface area (Å²) in [6, 6.07) is 10.00. The number of thiazole rings is 1. The standard InChI is InChI=1S/C23H26N2O6S2/c1-28-17-11-14(12-18(29-2)21(17)30-3)22(26)25-16(9-10-32-4)23(27)31-13-20-24-15-7-5-6-8-19(15)33-20/h5-8,11-12,16H,9-10,13H2,1-4H3,(H,25,26). The third kappa shape index (κ3) is 6.08. The summed E-state index contributed by atoms with van der Waals surface area (Å²) in [4.78, 5) is 30.3. The molecule has 0 aliphatic heterocycles. The number of para-hydroxylation sites is 1. The first-order valence-corrected chi connectivity index (χ1v) is 12.3. The fourth-order valence-electron chi connectivity index (χ4n) is 3.15. The van der Waals surface area contributed by atoms with E-state index in [0.717, 1.165) is 10.2 Å². The Morgan fingerprint density at radius 1 is 1.09 bits per heavy atom. The van der Waals surface area contributed by atoms with E-state index >= 15 is 0 Å². The Hall–Kier alpha value is -2.98. The third-order valence-corrected chi connectivity index (χ3v) is 6.46. The number of aromatic nitrogens is 1. The molecule has 2 aromatic carbocycles. The molecule has 0 spiro atoms. The van der Waals surface area contributed by atoms with E-state index in [-0.39, 0.29) is 12.2 Å². The molecule has 1 amide bonds. The van der Waals surface area contributed by atoms with E-state index in [1.54, 1.807) is 11.8 Å². The summed E-state index contributed by atoms with van der Waals surface area (Å²) in [6.07, 6.45) is 2.36. The number of carbonyl (C=O) groups excluding carboxylic acids is 2. The molecule has 1 aromatic heterocycles. The van der Waals surface area contributed by atoms with Gasteiger partial charge in [0.25, 0.3) is 5.91 Å². The maximum atomic E-state index is 13.0. The van der Waals surface area contributed by atoms with E-state index in [9.17, 15) is 9.59 Å². The molecule has 0 aliphatic rings. The molecule has 0 bridgehead atoms. The monoisotopic (exact) mass is 490 g/mol. The highest BCUT2D eigenvalue weighted by Gasteiger charge is 2.25. The molecule has 1 atom stereocenters. The highest BCUT2D eigenvalue weighted by atomic mass is 32.2. The summed E-state index contributed by atoms with van der Waals surface area (Å²) in [7, 11) is 4.43. The van der Waals surface area contributed by atoms with Crippen molar-refractivity contribution in [1.29, 1.82) is 0 Å². The summed E-state index contributed by atoms with van der Waals surface area (Å²) in [5, 5.41) is 3.47. The van der Waals surface area contributed by atoms with Crippen molar-refractivity contribution < 1.29 is 28.5 Å². The number of hydrogen-bond acceptors (Lipinski definition) is 9. The van der Waals surface area contributed by atoms with Crippen LogP contribution < -0.4 is 19.5 Å². The van der Waals surface area contributed by atoms with Crippen LogP contribution in [0, 0.1) is 0 Å². The minimum absolute atomic E-state index is 0.0496. The van der Waals surface area contributed by atoms with Crippen LogP contribution in [0.1, 0.15) is 21.8 Å². The van der Waals surface area contributed by atoms with Crippen molar-refractivity contribution in [2.24, 2.45) is 0 Å². The lowest BCUT2D eigenvalue weighted by Gasteiger charge is -2.18. The van der Waals surface area contributed by atoms with Gasteiger partial charge in [-0.25, -0.2) is 9.78 Å². The Labute approximate surface area is 200 Å². The average molecular weight is 491 g/mol. The predicted molar refractivity (Wildman–Crippen MR) is 130 cm³/mol. The van der Waals surface area contributed by atoms with Gasteiger partial charge in [-0.15, -0.1) is 11.3 Å². The van der Waals surface area contributed by atoms with E-state index in [1.165, 1.54) is 44.8 Å². The van der Waals surface area contributed by atoms with Crippen LogP contribution >= 0.6 is 23.1 Å². The number of nitrogens with one attached hydrogen (secondary N) is 1. The van der Waals surface area contributed by atoms with Gasteiger partial charge in [0.05, 0.1) is 31.5 Å². The SMILES string of the molecule is COc1cc(C(=O)NC(CCSC)C(=O)OCc2nc3ccccc3s2)cc(OC)c1OC. The minimum atomic E-state index is -0.807. The smallest absolute Gasteiger partial charge is 0.329 e. The number of nitrogens with zero attached hydrogens (tertiary/aromatic N) is 1. The highest BCUT2D eigenvalue weighted by Crippen LogP contribution is 2.38. The van der Waals surface area contributed by atoms with Crippen molar-refractivity contribution in [3.63, 3.8) is 0 Å². The first kappa shape index (κ1) is 24.7. The number of amides is 1. The van der Waals surface area contributed by atoms with Crippen molar-refractivity contribution in [2.75, 3.05) is 33.3 Å². The molecule has 1 N–H and O–H groups in total. The number of rotatable bonds is 11. The van der Waals surface area contributed by atoms with Gasteiger partial charge in [-0.3, -0.25) is 4.79 Å². The lowest BCUT2D eigenvalue weighted by atomic mass is 10.1. The maximum absolute atomic E-state index is 13.0. The van der Waals surface area contributed by atoms with Crippen molar-refractivity contribution in [3.05, 3.63) is 47.0 Å². The fourth-order valence-corrected chi connectivity index (χ4v) is 4.51. The van der Waals surface area contributed by atoms with Crippen LogP contribution in [-0.2, 0) is 16.1 Å². The van der Waals surface area contributed by atoms with Gasteiger partial charge < -0.3 is 24.3 Å². The number of carbonyl (C=O) groups is 2. The highest BCUT2D eigenvalue weighted by molar-refractivity contribution is 7.98.